The molecular formula is C15H11IN4. The molecule has 0 aliphatic heterocycles. The second kappa shape index (κ2) is 4.31. The van der Waals surface area contributed by atoms with Gasteiger partial charge in [-0.05, 0) is 52.9 Å². The van der Waals surface area contributed by atoms with Crippen LogP contribution in [-0.2, 0) is 7.05 Å². The third-order valence-electron chi connectivity index (χ3n) is 3.43. The van der Waals surface area contributed by atoms with Crippen molar-refractivity contribution in [2.24, 2.45) is 7.05 Å². The van der Waals surface area contributed by atoms with Crippen molar-refractivity contribution in [2.45, 2.75) is 0 Å². The van der Waals surface area contributed by atoms with Gasteiger partial charge in [-0.2, -0.15) is 5.10 Å². The summed E-state index contributed by atoms with van der Waals surface area (Å²) in [6.45, 7) is 0. The molecule has 0 spiro atoms. The minimum absolute atomic E-state index is 0.818. The van der Waals surface area contributed by atoms with Crippen LogP contribution in [0.2, 0.25) is 0 Å². The normalized spacial score (nSPS) is 11.5. The van der Waals surface area contributed by atoms with Crippen molar-refractivity contribution in [3.63, 3.8) is 0 Å². The number of rotatable bonds is 1. The molecule has 0 radical (unpaired) electrons. The Morgan fingerprint density at radius 3 is 2.85 bits per heavy atom. The molecule has 2 aromatic carbocycles. The Hall–Kier alpha value is -1.89. The van der Waals surface area contributed by atoms with Crippen LogP contribution in [0, 0.1) is 3.57 Å². The van der Waals surface area contributed by atoms with Crippen LogP contribution in [0.5, 0.6) is 0 Å². The fraction of sp³-hybridized carbons (Fsp3) is 0.0667. The van der Waals surface area contributed by atoms with Crippen LogP contribution in [0.1, 0.15) is 0 Å². The quantitative estimate of drug-likeness (QED) is 0.517. The number of H-pyrrole nitrogens is 1. The predicted octanol–water partition coefficient (Wildman–Crippen LogP) is 3.72. The SMILES string of the molecule is Cn1nc(-c2nc3ccccc3[nH]2)c2cc(I)ccc21. The summed E-state index contributed by atoms with van der Waals surface area (Å²) >= 11 is 2.32. The van der Waals surface area contributed by atoms with Gasteiger partial charge in [-0.1, -0.05) is 12.1 Å². The maximum atomic E-state index is 4.64. The maximum absolute atomic E-state index is 4.64. The number of para-hydroxylation sites is 2. The number of halogens is 1. The molecule has 4 nitrogen and oxygen atoms in total. The lowest BCUT2D eigenvalue weighted by Gasteiger charge is -1.94. The molecule has 0 aliphatic rings. The molecule has 0 atom stereocenters. The van der Waals surface area contributed by atoms with E-state index in [1.807, 2.05) is 36.0 Å². The van der Waals surface area contributed by atoms with Gasteiger partial charge >= 0.3 is 0 Å². The Kier molecular flexibility index (Phi) is 2.56. The summed E-state index contributed by atoms with van der Waals surface area (Å²) in [5, 5.41) is 5.74. The minimum Gasteiger partial charge on any atom is -0.337 e. The number of hydrogen-bond donors (Lipinski definition) is 1. The molecule has 2 aromatic heterocycles. The van der Waals surface area contributed by atoms with Gasteiger partial charge in [0.25, 0.3) is 0 Å². The van der Waals surface area contributed by atoms with Gasteiger partial charge < -0.3 is 4.98 Å². The first-order valence-electron chi connectivity index (χ1n) is 6.30. The largest absolute Gasteiger partial charge is 0.337 e. The summed E-state index contributed by atoms with van der Waals surface area (Å²) in [7, 11) is 1.96. The first-order chi connectivity index (χ1) is 9.72. The standard InChI is InChI=1S/C15H11IN4/c1-20-13-7-6-9(16)8-10(13)14(19-20)15-17-11-4-2-3-5-12(11)18-15/h2-8H,1H3,(H,17,18). The number of aryl methyl sites for hydroxylation is 1. The molecule has 98 valence electrons. The molecule has 0 fully saturated rings. The number of imidazole rings is 1. The highest BCUT2D eigenvalue weighted by Crippen LogP contribution is 2.28. The monoisotopic (exact) mass is 374 g/mol. The van der Waals surface area contributed by atoms with Gasteiger partial charge in [-0.25, -0.2) is 4.98 Å². The number of benzene rings is 2. The van der Waals surface area contributed by atoms with Crippen molar-refractivity contribution in [2.75, 3.05) is 0 Å². The molecule has 0 amide bonds. The number of aromatic amines is 1. The van der Waals surface area contributed by atoms with Crippen LogP contribution in [-0.4, -0.2) is 19.7 Å². The smallest absolute Gasteiger partial charge is 0.159 e. The lowest BCUT2D eigenvalue weighted by atomic mass is 10.2. The molecule has 0 bridgehead atoms. The number of aromatic nitrogens is 4. The van der Waals surface area contributed by atoms with Crippen LogP contribution in [0.15, 0.2) is 42.5 Å². The summed E-state index contributed by atoms with van der Waals surface area (Å²) in [6.07, 6.45) is 0. The van der Waals surface area contributed by atoms with Crippen molar-refractivity contribution in [1.82, 2.24) is 19.7 Å². The van der Waals surface area contributed by atoms with Gasteiger partial charge in [-0.3, -0.25) is 4.68 Å². The Bertz CT molecular complexity index is 903. The van der Waals surface area contributed by atoms with E-state index in [0.717, 1.165) is 33.5 Å². The van der Waals surface area contributed by atoms with E-state index >= 15 is 0 Å². The van der Waals surface area contributed by atoms with E-state index in [1.165, 1.54) is 3.57 Å². The van der Waals surface area contributed by atoms with Gasteiger partial charge in [0.2, 0.25) is 0 Å². The first-order valence-corrected chi connectivity index (χ1v) is 7.37. The fourth-order valence-electron chi connectivity index (χ4n) is 2.48. The number of nitrogens with one attached hydrogen (secondary N) is 1. The molecule has 0 aliphatic carbocycles. The van der Waals surface area contributed by atoms with Crippen LogP contribution >= 0.6 is 22.6 Å². The van der Waals surface area contributed by atoms with Crippen LogP contribution in [0.4, 0.5) is 0 Å². The topological polar surface area (TPSA) is 46.5 Å². The molecule has 1 N–H and O–H groups in total. The maximum Gasteiger partial charge on any atom is 0.159 e. The summed E-state index contributed by atoms with van der Waals surface area (Å²) in [5.41, 5.74) is 4.01. The minimum atomic E-state index is 0.818. The fourth-order valence-corrected chi connectivity index (χ4v) is 2.97. The van der Waals surface area contributed by atoms with Gasteiger partial charge in [0.05, 0.1) is 16.6 Å². The highest BCUT2D eigenvalue weighted by Gasteiger charge is 2.14. The Morgan fingerprint density at radius 1 is 1.15 bits per heavy atom. The van der Waals surface area contributed by atoms with Crippen LogP contribution in [0.3, 0.4) is 0 Å². The van der Waals surface area contributed by atoms with Crippen LogP contribution < -0.4 is 0 Å². The number of fused-ring (bicyclic) bond motifs is 2. The van der Waals surface area contributed by atoms with Crippen molar-refractivity contribution >= 4 is 44.5 Å². The lowest BCUT2D eigenvalue weighted by Crippen LogP contribution is -1.90. The van der Waals surface area contributed by atoms with Crippen molar-refractivity contribution in [3.8, 4) is 11.5 Å². The summed E-state index contributed by atoms with van der Waals surface area (Å²) in [5.74, 6) is 0.818. The Balaban J connectivity index is 2.04. The molecule has 0 unspecified atom stereocenters. The number of hydrogen-bond acceptors (Lipinski definition) is 2. The van der Waals surface area contributed by atoms with E-state index in [0.29, 0.717) is 0 Å². The molecule has 5 heteroatoms. The second-order valence-electron chi connectivity index (χ2n) is 4.74. The molecule has 20 heavy (non-hydrogen) atoms. The zero-order valence-electron chi connectivity index (χ0n) is 10.8. The third kappa shape index (κ3) is 1.73. The molecule has 4 rings (SSSR count). The predicted molar refractivity (Wildman–Crippen MR) is 88.5 cm³/mol. The molecule has 2 heterocycles. The Morgan fingerprint density at radius 2 is 2.00 bits per heavy atom. The molecule has 4 aromatic rings. The van der Waals surface area contributed by atoms with E-state index in [1.54, 1.807) is 0 Å². The van der Waals surface area contributed by atoms with E-state index in [4.69, 9.17) is 0 Å². The van der Waals surface area contributed by atoms with Gasteiger partial charge in [-0.15, -0.1) is 0 Å². The van der Waals surface area contributed by atoms with Gasteiger partial charge in [0.15, 0.2) is 5.82 Å². The second-order valence-corrected chi connectivity index (χ2v) is 5.98. The Labute approximate surface area is 129 Å². The average Bonchev–Trinajstić information content (AvgIpc) is 3.00. The molecule has 0 saturated carbocycles. The van der Waals surface area contributed by atoms with Crippen molar-refractivity contribution in [3.05, 3.63) is 46.0 Å². The summed E-state index contributed by atoms with van der Waals surface area (Å²) in [4.78, 5) is 7.99. The molecular weight excluding hydrogens is 363 g/mol. The van der Waals surface area contributed by atoms with Crippen molar-refractivity contribution in [1.29, 1.82) is 0 Å². The zero-order chi connectivity index (χ0) is 13.7. The van der Waals surface area contributed by atoms with E-state index in [-0.39, 0.29) is 0 Å². The van der Waals surface area contributed by atoms with Crippen molar-refractivity contribution < 1.29 is 0 Å². The first kappa shape index (κ1) is 11.9. The van der Waals surface area contributed by atoms with E-state index in [2.05, 4.69) is 55.9 Å². The molecule has 0 saturated heterocycles. The zero-order valence-corrected chi connectivity index (χ0v) is 12.9. The summed E-state index contributed by atoms with van der Waals surface area (Å²) in [6, 6.07) is 14.4. The highest BCUT2D eigenvalue weighted by atomic mass is 127. The lowest BCUT2D eigenvalue weighted by molar-refractivity contribution is 0.798. The van der Waals surface area contributed by atoms with Gasteiger partial charge in [0.1, 0.15) is 5.69 Å². The van der Waals surface area contributed by atoms with Crippen LogP contribution in [0.25, 0.3) is 33.5 Å². The van der Waals surface area contributed by atoms with Gasteiger partial charge in [0, 0.05) is 16.0 Å². The highest BCUT2D eigenvalue weighted by molar-refractivity contribution is 14.1. The number of nitrogens with zero attached hydrogens (tertiary/aromatic N) is 3. The van der Waals surface area contributed by atoms with E-state index in [9.17, 15) is 0 Å². The third-order valence-corrected chi connectivity index (χ3v) is 4.10. The summed E-state index contributed by atoms with van der Waals surface area (Å²) < 4.78 is 3.09. The van der Waals surface area contributed by atoms with E-state index < -0.39 is 0 Å². The average molecular weight is 374 g/mol.